The van der Waals surface area contributed by atoms with Gasteiger partial charge in [-0.05, 0) is 77.0 Å². The van der Waals surface area contributed by atoms with Crippen LogP contribution < -0.4 is 0 Å². The van der Waals surface area contributed by atoms with Crippen molar-refractivity contribution < 1.29 is 28.6 Å². The summed E-state index contributed by atoms with van der Waals surface area (Å²) in [5, 5.41) is 0. The first kappa shape index (κ1) is 73.4. The number of hydrogen-bond acceptors (Lipinski definition) is 6. The van der Waals surface area contributed by atoms with Crippen LogP contribution in [0, 0.1) is 0 Å². The fraction of sp³-hybridized carbons (Fsp3) is 0.843. The van der Waals surface area contributed by atoms with Crippen molar-refractivity contribution in [3.05, 3.63) is 48.6 Å². The fourth-order valence-electron chi connectivity index (χ4n) is 10.0. The molecule has 0 aliphatic heterocycles. The molecule has 6 nitrogen and oxygen atoms in total. The maximum atomic E-state index is 12.9. The average Bonchev–Trinajstić information content (AvgIpc) is 3.42. The average molecular weight is 1070 g/mol. The van der Waals surface area contributed by atoms with Gasteiger partial charge in [-0.1, -0.05) is 313 Å². The third-order valence-corrected chi connectivity index (χ3v) is 15.1. The molecule has 0 aromatic rings. The van der Waals surface area contributed by atoms with Crippen LogP contribution in [0.4, 0.5) is 0 Å². The van der Waals surface area contributed by atoms with Gasteiger partial charge in [-0.25, -0.2) is 0 Å². The van der Waals surface area contributed by atoms with Crippen LogP contribution in [0.1, 0.15) is 361 Å². The monoisotopic (exact) mass is 1060 g/mol. The van der Waals surface area contributed by atoms with Crippen molar-refractivity contribution in [3.8, 4) is 0 Å². The highest BCUT2D eigenvalue weighted by Gasteiger charge is 2.19. The topological polar surface area (TPSA) is 78.9 Å². The molecule has 0 saturated carbocycles. The predicted molar refractivity (Wildman–Crippen MR) is 330 cm³/mol. The second-order valence-corrected chi connectivity index (χ2v) is 22.7. The lowest BCUT2D eigenvalue weighted by Gasteiger charge is -2.18. The molecule has 0 aliphatic carbocycles. The van der Waals surface area contributed by atoms with E-state index in [-0.39, 0.29) is 31.1 Å². The van der Waals surface area contributed by atoms with E-state index >= 15 is 0 Å². The number of allylic oxidation sites excluding steroid dienone is 8. The molecule has 444 valence electrons. The molecular formula is C70H128O6. The predicted octanol–water partition coefficient (Wildman–Crippen LogP) is 22.9. The van der Waals surface area contributed by atoms with Crippen LogP contribution >= 0.6 is 0 Å². The third kappa shape index (κ3) is 62.2. The summed E-state index contributed by atoms with van der Waals surface area (Å²) >= 11 is 0. The zero-order valence-electron chi connectivity index (χ0n) is 51.0. The van der Waals surface area contributed by atoms with Gasteiger partial charge in [0, 0.05) is 19.3 Å². The van der Waals surface area contributed by atoms with Gasteiger partial charge in [-0.15, -0.1) is 0 Å². The van der Waals surface area contributed by atoms with Crippen LogP contribution in [-0.2, 0) is 28.6 Å². The molecule has 0 fully saturated rings. The lowest BCUT2D eigenvalue weighted by atomic mass is 10.0. The zero-order chi connectivity index (χ0) is 55.0. The minimum Gasteiger partial charge on any atom is -0.462 e. The Kier molecular flexibility index (Phi) is 62.6. The molecule has 0 aromatic heterocycles. The Labute approximate surface area is 473 Å². The van der Waals surface area contributed by atoms with Crippen LogP contribution in [0.3, 0.4) is 0 Å². The van der Waals surface area contributed by atoms with Gasteiger partial charge in [0.2, 0.25) is 0 Å². The molecule has 0 rings (SSSR count). The summed E-state index contributed by atoms with van der Waals surface area (Å²) in [6.07, 6.45) is 81.4. The molecule has 0 N–H and O–H groups in total. The van der Waals surface area contributed by atoms with Crippen molar-refractivity contribution in [2.45, 2.75) is 367 Å². The Morgan fingerprint density at radius 1 is 0.276 bits per heavy atom. The highest BCUT2D eigenvalue weighted by molar-refractivity contribution is 5.71. The maximum Gasteiger partial charge on any atom is 0.306 e. The van der Waals surface area contributed by atoms with E-state index in [1.807, 2.05) is 0 Å². The molecule has 1 atom stereocenters. The molecular weight excluding hydrogens is 937 g/mol. The Bertz CT molecular complexity index is 1310. The molecule has 0 bridgehead atoms. The minimum atomic E-state index is -0.783. The molecule has 0 aliphatic rings. The number of carbonyl (C=O) groups is 3. The highest BCUT2D eigenvalue weighted by Crippen LogP contribution is 2.18. The van der Waals surface area contributed by atoms with Gasteiger partial charge < -0.3 is 14.2 Å². The van der Waals surface area contributed by atoms with Crippen molar-refractivity contribution in [1.82, 2.24) is 0 Å². The molecule has 6 heteroatoms. The second kappa shape index (κ2) is 64.9. The molecule has 1 unspecified atom stereocenters. The van der Waals surface area contributed by atoms with E-state index in [9.17, 15) is 14.4 Å². The fourth-order valence-corrected chi connectivity index (χ4v) is 10.0. The van der Waals surface area contributed by atoms with Gasteiger partial charge >= 0.3 is 17.9 Å². The highest BCUT2D eigenvalue weighted by atomic mass is 16.6. The van der Waals surface area contributed by atoms with E-state index in [0.717, 1.165) is 83.5 Å². The molecule has 0 saturated heterocycles. The first-order valence-corrected chi connectivity index (χ1v) is 33.6. The molecule has 0 amide bonds. The number of unbranched alkanes of at least 4 members (excludes halogenated alkanes) is 43. The van der Waals surface area contributed by atoms with Crippen molar-refractivity contribution in [1.29, 1.82) is 0 Å². The van der Waals surface area contributed by atoms with Crippen LogP contribution in [0.2, 0.25) is 0 Å². The van der Waals surface area contributed by atoms with E-state index in [4.69, 9.17) is 14.2 Å². The van der Waals surface area contributed by atoms with Gasteiger partial charge in [0.1, 0.15) is 13.2 Å². The lowest BCUT2D eigenvalue weighted by Crippen LogP contribution is -2.30. The van der Waals surface area contributed by atoms with Crippen LogP contribution in [0.15, 0.2) is 48.6 Å². The summed E-state index contributed by atoms with van der Waals surface area (Å²) in [4.78, 5) is 38.3. The van der Waals surface area contributed by atoms with Crippen molar-refractivity contribution >= 4 is 17.9 Å². The van der Waals surface area contributed by atoms with Gasteiger partial charge in [0.25, 0.3) is 0 Å². The van der Waals surface area contributed by atoms with Crippen LogP contribution in [0.5, 0.6) is 0 Å². The smallest absolute Gasteiger partial charge is 0.306 e. The Hall–Kier alpha value is -2.63. The summed E-state index contributed by atoms with van der Waals surface area (Å²) in [5.41, 5.74) is 0. The maximum absolute atomic E-state index is 12.9. The van der Waals surface area contributed by atoms with E-state index in [1.54, 1.807) is 0 Å². The lowest BCUT2D eigenvalue weighted by molar-refractivity contribution is -0.167. The van der Waals surface area contributed by atoms with Crippen LogP contribution in [0.25, 0.3) is 0 Å². The number of hydrogen-bond donors (Lipinski definition) is 0. The summed E-state index contributed by atoms with van der Waals surface area (Å²) in [7, 11) is 0. The van der Waals surface area contributed by atoms with E-state index < -0.39 is 6.10 Å². The quantitative estimate of drug-likeness (QED) is 0.0261. The Morgan fingerprint density at radius 3 is 0.829 bits per heavy atom. The largest absolute Gasteiger partial charge is 0.462 e. The summed E-state index contributed by atoms with van der Waals surface area (Å²) in [6.45, 7) is 6.56. The van der Waals surface area contributed by atoms with E-state index in [1.165, 1.54) is 238 Å². The number of esters is 3. The van der Waals surface area contributed by atoms with E-state index in [0.29, 0.717) is 19.3 Å². The first-order chi connectivity index (χ1) is 37.5. The molecule has 0 spiro atoms. The second-order valence-electron chi connectivity index (χ2n) is 22.7. The van der Waals surface area contributed by atoms with Gasteiger partial charge in [-0.2, -0.15) is 0 Å². The van der Waals surface area contributed by atoms with Gasteiger partial charge in [-0.3, -0.25) is 14.4 Å². The standard InChI is InChI=1S/C70H128O6/c1-4-7-10-13-16-19-22-25-27-29-31-32-33-34-35-36-37-38-39-41-42-45-48-51-54-57-60-63-69(72)75-66-67(65-74-68(71)62-59-56-53-50-47-44-24-21-18-15-12-9-6-3)76-70(73)64-61-58-55-52-49-46-43-40-30-28-26-23-20-17-14-11-8-5-2/h9,12,18,21,29,31,44,47,67H,4-8,10-11,13-17,19-20,22-28,30,32-43,45-46,48-66H2,1-3H3/b12-9-,21-18-,31-29-,47-44-. The Morgan fingerprint density at radius 2 is 0.513 bits per heavy atom. The SMILES string of the molecule is CC/C=C\C/C=C\C/C=C\CCCCCC(=O)OCC(COC(=O)CCCCCCCCCCCCCCCCC/C=C\CCCCCCCCCC)OC(=O)CCCCCCCCCCCCCCCCCCCC. The number of carbonyl (C=O) groups excluding carboxylic acids is 3. The number of rotatable bonds is 62. The minimum absolute atomic E-state index is 0.0781. The molecule has 0 radical (unpaired) electrons. The molecule has 76 heavy (non-hydrogen) atoms. The van der Waals surface area contributed by atoms with Gasteiger partial charge in [0.15, 0.2) is 6.10 Å². The van der Waals surface area contributed by atoms with Crippen molar-refractivity contribution in [2.24, 2.45) is 0 Å². The normalized spacial score (nSPS) is 12.3. The first-order valence-electron chi connectivity index (χ1n) is 33.6. The van der Waals surface area contributed by atoms with Crippen LogP contribution in [-0.4, -0.2) is 37.2 Å². The Balaban J connectivity index is 4.22. The summed E-state index contributed by atoms with van der Waals surface area (Å²) in [6, 6.07) is 0. The third-order valence-electron chi connectivity index (χ3n) is 15.1. The molecule has 0 heterocycles. The number of ether oxygens (including phenoxy) is 3. The van der Waals surface area contributed by atoms with Crippen molar-refractivity contribution in [2.75, 3.05) is 13.2 Å². The van der Waals surface area contributed by atoms with E-state index in [2.05, 4.69) is 69.4 Å². The zero-order valence-corrected chi connectivity index (χ0v) is 51.0. The van der Waals surface area contributed by atoms with Crippen molar-refractivity contribution in [3.63, 3.8) is 0 Å². The summed E-state index contributed by atoms with van der Waals surface area (Å²) < 4.78 is 16.9. The summed E-state index contributed by atoms with van der Waals surface area (Å²) in [5.74, 6) is -0.885. The molecule has 0 aromatic carbocycles. The van der Waals surface area contributed by atoms with Gasteiger partial charge in [0.05, 0.1) is 0 Å².